The molecule has 0 saturated carbocycles. The van der Waals surface area contributed by atoms with Crippen molar-refractivity contribution in [2.24, 2.45) is 0 Å². The van der Waals surface area contributed by atoms with Crippen molar-refractivity contribution in [3.63, 3.8) is 0 Å². The van der Waals surface area contributed by atoms with Gasteiger partial charge in [-0.05, 0) is 33.2 Å². The molecule has 6 nitrogen and oxygen atoms in total. The number of nitrogens with one attached hydrogen (secondary N) is 3. The highest BCUT2D eigenvalue weighted by Crippen LogP contribution is 2.11. The van der Waals surface area contributed by atoms with Gasteiger partial charge in [-0.3, -0.25) is 4.79 Å². The highest BCUT2D eigenvalue weighted by atomic mass is 35.5. The third kappa shape index (κ3) is 6.67. The lowest BCUT2D eigenvalue weighted by molar-refractivity contribution is -0.125. The number of morpholine rings is 1. The zero-order valence-electron chi connectivity index (χ0n) is 12.6. The van der Waals surface area contributed by atoms with Gasteiger partial charge in [0, 0.05) is 18.6 Å². The fourth-order valence-corrected chi connectivity index (χ4v) is 2.39. The Morgan fingerprint density at radius 2 is 2.14 bits per heavy atom. The molecule has 0 aromatic rings. The highest BCUT2D eigenvalue weighted by molar-refractivity contribution is 5.85. The summed E-state index contributed by atoms with van der Waals surface area (Å²) in [7, 11) is 0. The zero-order valence-corrected chi connectivity index (χ0v) is 14.2. The lowest BCUT2D eigenvalue weighted by Gasteiger charge is -2.36. The second-order valence-corrected chi connectivity index (χ2v) is 6.13. The van der Waals surface area contributed by atoms with Gasteiger partial charge in [0.25, 0.3) is 0 Å². The molecule has 2 aliphatic heterocycles. The van der Waals surface area contributed by atoms with E-state index in [2.05, 4.69) is 29.8 Å². The van der Waals surface area contributed by atoms with Gasteiger partial charge in [-0.15, -0.1) is 24.8 Å². The standard InChI is InChI=1S/C13H25N3O3.2ClH/c1-13(2)8-19-10(7-16-13)6-15-12(18)11-5-9(17)3-4-14-11;;/h9-11,14,16-17H,3-8H2,1-2H3,(H,15,18);2*1H/t9-,10?,11+;;/m1../s1. The maximum atomic E-state index is 12.0. The van der Waals surface area contributed by atoms with Crippen LogP contribution in [-0.2, 0) is 9.53 Å². The highest BCUT2D eigenvalue weighted by Gasteiger charge is 2.29. The third-order valence-corrected chi connectivity index (χ3v) is 3.68. The second-order valence-electron chi connectivity index (χ2n) is 6.13. The van der Waals surface area contributed by atoms with E-state index in [-0.39, 0.29) is 54.5 Å². The quantitative estimate of drug-likeness (QED) is 0.571. The maximum absolute atomic E-state index is 12.0. The van der Waals surface area contributed by atoms with E-state index in [1.807, 2.05) is 0 Å². The number of carbonyl (C=O) groups is 1. The van der Waals surface area contributed by atoms with Gasteiger partial charge in [0.15, 0.2) is 0 Å². The van der Waals surface area contributed by atoms with Gasteiger partial charge in [0.1, 0.15) is 0 Å². The number of aliphatic hydroxyl groups is 1. The van der Waals surface area contributed by atoms with Gasteiger partial charge in [-0.25, -0.2) is 0 Å². The lowest BCUT2D eigenvalue weighted by Crippen LogP contribution is -2.57. The Balaban J connectivity index is 0.00000200. The Labute approximate surface area is 138 Å². The van der Waals surface area contributed by atoms with Crippen LogP contribution in [0.25, 0.3) is 0 Å². The first-order valence-electron chi connectivity index (χ1n) is 7.02. The molecular formula is C13H27Cl2N3O3. The predicted molar refractivity (Wildman–Crippen MR) is 86.4 cm³/mol. The van der Waals surface area contributed by atoms with Crippen molar-refractivity contribution in [2.45, 2.75) is 50.5 Å². The van der Waals surface area contributed by atoms with Crippen LogP contribution < -0.4 is 16.0 Å². The molecule has 0 spiro atoms. The van der Waals surface area contributed by atoms with Crippen LogP contribution in [0.1, 0.15) is 26.7 Å². The molecule has 3 atom stereocenters. The SMILES string of the molecule is CC1(C)COC(CNC(=O)[C@@H]2C[C@H](O)CCN2)CN1.Cl.Cl. The van der Waals surface area contributed by atoms with Crippen molar-refractivity contribution in [3.05, 3.63) is 0 Å². The van der Waals surface area contributed by atoms with E-state index < -0.39 is 0 Å². The number of ether oxygens (including phenoxy) is 1. The number of carbonyl (C=O) groups excluding carboxylic acids is 1. The predicted octanol–water partition coefficient (Wildman–Crippen LogP) is -0.174. The number of aliphatic hydroxyl groups excluding tert-OH is 1. The van der Waals surface area contributed by atoms with E-state index in [1.54, 1.807) is 0 Å². The van der Waals surface area contributed by atoms with Crippen molar-refractivity contribution < 1.29 is 14.6 Å². The normalized spacial score (nSPS) is 31.5. The Morgan fingerprint density at radius 1 is 1.43 bits per heavy atom. The molecule has 2 rings (SSSR count). The van der Waals surface area contributed by atoms with Crippen molar-refractivity contribution in [1.82, 2.24) is 16.0 Å². The largest absolute Gasteiger partial charge is 0.393 e. The smallest absolute Gasteiger partial charge is 0.237 e. The molecule has 0 radical (unpaired) electrons. The van der Waals surface area contributed by atoms with E-state index in [4.69, 9.17) is 4.74 Å². The maximum Gasteiger partial charge on any atom is 0.237 e. The van der Waals surface area contributed by atoms with Crippen LogP contribution in [0.2, 0.25) is 0 Å². The molecule has 2 fully saturated rings. The summed E-state index contributed by atoms with van der Waals surface area (Å²) in [6, 6.07) is -0.281. The van der Waals surface area contributed by atoms with Gasteiger partial charge >= 0.3 is 0 Å². The van der Waals surface area contributed by atoms with Crippen LogP contribution in [0.3, 0.4) is 0 Å². The van der Waals surface area contributed by atoms with Crippen LogP contribution in [0.4, 0.5) is 0 Å². The average Bonchev–Trinajstić information content (AvgIpc) is 2.37. The van der Waals surface area contributed by atoms with Crippen LogP contribution in [0.5, 0.6) is 0 Å². The number of halogens is 2. The van der Waals surface area contributed by atoms with Gasteiger partial charge in [-0.2, -0.15) is 0 Å². The molecule has 4 N–H and O–H groups in total. The van der Waals surface area contributed by atoms with Gasteiger partial charge in [0.2, 0.25) is 5.91 Å². The van der Waals surface area contributed by atoms with Crippen LogP contribution >= 0.6 is 24.8 Å². The minimum absolute atomic E-state index is 0. The van der Waals surface area contributed by atoms with Crippen molar-refractivity contribution in [2.75, 3.05) is 26.2 Å². The first-order chi connectivity index (χ1) is 8.96. The number of piperidine rings is 1. The summed E-state index contributed by atoms with van der Waals surface area (Å²) in [5, 5.41) is 18.9. The first kappa shape index (κ1) is 20.9. The van der Waals surface area contributed by atoms with Gasteiger partial charge < -0.3 is 25.8 Å². The summed E-state index contributed by atoms with van der Waals surface area (Å²) in [4.78, 5) is 12.0. The average molecular weight is 344 g/mol. The van der Waals surface area contributed by atoms with Crippen LogP contribution in [0, 0.1) is 0 Å². The van der Waals surface area contributed by atoms with Crippen molar-refractivity contribution in [1.29, 1.82) is 0 Å². The van der Waals surface area contributed by atoms with E-state index >= 15 is 0 Å². The summed E-state index contributed by atoms with van der Waals surface area (Å²) in [6.45, 7) is 6.78. The number of rotatable bonds is 3. The lowest BCUT2D eigenvalue weighted by atomic mass is 10.0. The topological polar surface area (TPSA) is 82.6 Å². The first-order valence-corrected chi connectivity index (χ1v) is 7.02. The fourth-order valence-electron chi connectivity index (χ4n) is 2.39. The van der Waals surface area contributed by atoms with E-state index in [9.17, 15) is 9.90 Å². The number of hydrogen-bond donors (Lipinski definition) is 4. The molecular weight excluding hydrogens is 317 g/mol. The van der Waals surface area contributed by atoms with Crippen molar-refractivity contribution >= 4 is 30.7 Å². The molecule has 8 heteroatoms. The third-order valence-electron chi connectivity index (χ3n) is 3.68. The van der Waals surface area contributed by atoms with Gasteiger partial charge in [-0.1, -0.05) is 0 Å². The molecule has 1 amide bonds. The summed E-state index contributed by atoms with van der Waals surface area (Å²) < 4.78 is 5.71. The van der Waals surface area contributed by atoms with E-state index in [1.165, 1.54) is 0 Å². The molecule has 2 saturated heterocycles. The minimum Gasteiger partial charge on any atom is -0.393 e. The molecule has 2 aliphatic rings. The monoisotopic (exact) mass is 343 g/mol. The second kappa shape index (κ2) is 9.12. The molecule has 0 aromatic carbocycles. The summed E-state index contributed by atoms with van der Waals surface area (Å²) in [6.07, 6.45) is 0.854. The van der Waals surface area contributed by atoms with E-state index in [0.717, 1.165) is 6.54 Å². The molecule has 1 unspecified atom stereocenters. The molecule has 2 heterocycles. The van der Waals surface area contributed by atoms with Crippen LogP contribution in [-0.4, -0.2) is 61.0 Å². The summed E-state index contributed by atoms with van der Waals surface area (Å²) >= 11 is 0. The minimum atomic E-state index is -0.370. The van der Waals surface area contributed by atoms with Crippen LogP contribution in [0.15, 0.2) is 0 Å². The molecule has 126 valence electrons. The Bertz CT molecular complexity index is 322. The Morgan fingerprint density at radius 3 is 2.71 bits per heavy atom. The molecule has 0 aromatic heterocycles. The number of amides is 1. The zero-order chi connectivity index (χ0) is 13.9. The number of hydrogen-bond acceptors (Lipinski definition) is 5. The van der Waals surface area contributed by atoms with E-state index in [0.29, 0.717) is 32.5 Å². The summed E-state index contributed by atoms with van der Waals surface area (Å²) in [5.41, 5.74) is 0.00947. The van der Waals surface area contributed by atoms with Crippen molar-refractivity contribution in [3.8, 4) is 0 Å². The fraction of sp³-hybridized carbons (Fsp3) is 0.923. The molecule has 0 bridgehead atoms. The molecule has 0 aliphatic carbocycles. The Hall–Kier alpha value is -0.110. The van der Waals surface area contributed by atoms with Gasteiger partial charge in [0.05, 0.1) is 24.9 Å². The molecule has 21 heavy (non-hydrogen) atoms. The summed E-state index contributed by atoms with van der Waals surface area (Å²) in [5.74, 6) is -0.0489. The Kier molecular flexibility index (Phi) is 9.08.